The van der Waals surface area contributed by atoms with E-state index in [0.29, 0.717) is 5.75 Å². The van der Waals surface area contributed by atoms with Crippen LogP contribution in [0, 0.1) is 0 Å². The van der Waals surface area contributed by atoms with Gasteiger partial charge in [-0.1, -0.05) is 16.9 Å². The second-order valence-electron chi connectivity index (χ2n) is 2.85. The lowest BCUT2D eigenvalue weighted by atomic mass is 10.4. The van der Waals surface area contributed by atoms with E-state index in [0.717, 1.165) is 5.03 Å². The highest BCUT2D eigenvalue weighted by Gasteiger charge is 2.06. The summed E-state index contributed by atoms with van der Waals surface area (Å²) in [6.07, 6.45) is 1.95. The molecule has 1 heterocycles. The molecule has 1 rings (SSSR count). The fourth-order valence-corrected chi connectivity index (χ4v) is 2.73. The fourth-order valence-electron chi connectivity index (χ4n) is 0.862. The Hall–Kier alpha value is -1.34. The first-order valence-electron chi connectivity index (χ1n) is 4.72. The van der Waals surface area contributed by atoms with Gasteiger partial charge in [-0.15, -0.1) is 0 Å². The minimum Gasteiger partial charge on any atom is -0.292 e. The van der Waals surface area contributed by atoms with E-state index in [9.17, 15) is 14.4 Å². The van der Waals surface area contributed by atoms with Crippen LogP contribution in [0.25, 0.3) is 0 Å². The molecule has 1 aromatic heterocycles. The highest BCUT2D eigenvalue weighted by atomic mass is 33.1. The summed E-state index contributed by atoms with van der Waals surface area (Å²) in [4.78, 5) is 35.7. The number of hydrogen-bond donors (Lipinski definition) is 1. The van der Waals surface area contributed by atoms with Gasteiger partial charge in [-0.3, -0.25) is 19.7 Å². The lowest BCUT2D eigenvalue weighted by molar-refractivity contribution is -0.135. The van der Waals surface area contributed by atoms with Gasteiger partial charge in [-0.25, -0.2) is 4.98 Å². The number of aromatic nitrogens is 1. The molecular weight excluding hydrogens is 260 g/mol. The lowest BCUT2D eigenvalue weighted by Crippen LogP contribution is -2.31. The Kier molecular flexibility index (Phi) is 6.34. The van der Waals surface area contributed by atoms with Crippen molar-refractivity contribution in [2.75, 3.05) is 5.75 Å². The van der Waals surface area contributed by atoms with Crippen LogP contribution in [-0.4, -0.2) is 28.8 Å². The molecule has 0 saturated carbocycles. The number of amides is 2. The largest absolute Gasteiger partial charge is 0.292 e. The van der Waals surface area contributed by atoms with E-state index in [1.54, 1.807) is 6.20 Å². The Morgan fingerprint density at radius 1 is 1.41 bits per heavy atom. The van der Waals surface area contributed by atoms with Gasteiger partial charge in [0.1, 0.15) is 5.03 Å². The molecule has 0 atom stereocenters. The Morgan fingerprint density at radius 2 is 2.24 bits per heavy atom. The predicted octanol–water partition coefficient (Wildman–Crippen LogP) is 1.05. The molecule has 1 N–H and O–H groups in total. The van der Waals surface area contributed by atoms with Crippen molar-refractivity contribution >= 4 is 39.7 Å². The van der Waals surface area contributed by atoms with E-state index in [-0.39, 0.29) is 12.7 Å². The van der Waals surface area contributed by atoms with Crippen LogP contribution >= 0.6 is 21.6 Å². The number of carbonyl (C=O) groups is 3. The van der Waals surface area contributed by atoms with E-state index in [1.807, 2.05) is 23.5 Å². The van der Waals surface area contributed by atoms with Crippen LogP contribution < -0.4 is 5.32 Å². The molecule has 0 aliphatic carbocycles. The van der Waals surface area contributed by atoms with Gasteiger partial charge in [0, 0.05) is 18.4 Å². The molecule has 0 aliphatic heterocycles. The zero-order chi connectivity index (χ0) is 12.5. The second-order valence-corrected chi connectivity index (χ2v) is 5.29. The van der Waals surface area contributed by atoms with Crippen molar-refractivity contribution in [2.24, 2.45) is 0 Å². The molecule has 5 nitrogen and oxygen atoms in total. The molecule has 0 unspecified atom stereocenters. The predicted molar refractivity (Wildman–Crippen MR) is 66.4 cm³/mol. The third-order valence-electron chi connectivity index (χ3n) is 1.56. The molecule has 0 aromatic carbocycles. The summed E-state index contributed by atoms with van der Waals surface area (Å²) >= 11 is 0. The van der Waals surface area contributed by atoms with Crippen LogP contribution in [0.15, 0.2) is 29.4 Å². The van der Waals surface area contributed by atoms with Crippen molar-refractivity contribution in [3.8, 4) is 0 Å². The average Bonchev–Trinajstić information content (AvgIpc) is 2.36. The first-order valence-corrected chi connectivity index (χ1v) is 7.04. The van der Waals surface area contributed by atoms with Crippen molar-refractivity contribution in [1.29, 1.82) is 0 Å². The van der Waals surface area contributed by atoms with Crippen LogP contribution in [0.4, 0.5) is 0 Å². The van der Waals surface area contributed by atoms with Gasteiger partial charge in [0.05, 0.1) is 0 Å². The smallest absolute Gasteiger partial charge is 0.290 e. The van der Waals surface area contributed by atoms with Gasteiger partial charge in [0.25, 0.3) is 5.91 Å². The monoisotopic (exact) mass is 270 g/mol. The van der Waals surface area contributed by atoms with Gasteiger partial charge in [0.15, 0.2) is 0 Å². The van der Waals surface area contributed by atoms with Crippen LogP contribution in [0.3, 0.4) is 0 Å². The summed E-state index contributed by atoms with van der Waals surface area (Å²) in [5, 5.41) is 2.81. The normalized spacial score (nSPS) is 9.65. The van der Waals surface area contributed by atoms with Gasteiger partial charge >= 0.3 is 0 Å². The fraction of sp³-hybridized carbons (Fsp3) is 0.200. The minimum absolute atomic E-state index is 0.0771. The summed E-state index contributed by atoms with van der Waals surface area (Å²) in [6.45, 7) is 0. The minimum atomic E-state index is -0.905. The number of pyridine rings is 1. The van der Waals surface area contributed by atoms with Crippen molar-refractivity contribution < 1.29 is 14.4 Å². The molecular formula is C10H10N2O3S2. The van der Waals surface area contributed by atoms with Gasteiger partial charge in [0.2, 0.25) is 12.2 Å². The highest BCUT2D eigenvalue weighted by molar-refractivity contribution is 8.76. The maximum absolute atomic E-state index is 11.1. The lowest BCUT2D eigenvalue weighted by Gasteiger charge is -2.00. The topological polar surface area (TPSA) is 76.1 Å². The Morgan fingerprint density at radius 3 is 2.88 bits per heavy atom. The number of hydrogen-bond acceptors (Lipinski definition) is 6. The van der Waals surface area contributed by atoms with Crippen molar-refractivity contribution in [3.05, 3.63) is 24.4 Å². The van der Waals surface area contributed by atoms with Gasteiger partial charge < -0.3 is 0 Å². The third kappa shape index (κ3) is 6.08. The number of nitrogens with zero attached hydrogens (tertiary/aromatic N) is 1. The molecule has 7 heteroatoms. The second kappa shape index (κ2) is 7.86. The number of nitrogens with one attached hydrogen (secondary N) is 1. The molecule has 90 valence electrons. The maximum atomic E-state index is 11.1. The van der Waals surface area contributed by atoms with E-state index in [4.69, 9.17) is 0 Å². The quantitative estimate of drug-likeness (QED) is 0.360. The Labute approximate surface area is 106 Å². The molecule has 2 amide bonds. The van der Waals surface area contributed by atoms with Crippen molar-refractivity contribution in [3.63, 3.8) is 0 Å². The summed E-state index contributed by atoms with van der Waals surface area (Å²) in [5.41, 5.74) is 0. The summed E-state index contributed by atoms with van der Waals surface area (Å²) in [6, 6.07) is 5.58. The third-order valence-corrected chi connectivity index (χ3v) is 3.83. The van der Waals surface area contributed by atoms with Crippen LogP contribution in [0.2, 0.25) is 0 Å². The number of imide groups is 1. The molecule has 0 radical (unpaired) electrons. The summed E-state index contributed by atoms with van der Waals surface area (Å²) in [5.74, 6) is -0.812. The van der Waals surface area contributed by atoms with Crippen LogP contribution in [0.5, 0.6) is 0 Å². The average molecular weight is 270 g/mol. The standard InChI is InChI=1S/C10H10N2O3S2/c13-7-9(15)12-8(14)4-6-16-17-10-3-1-2-5-11-10/h1-3,5,7H,4,6H2,(H,12,14,15). The zero-order valence-corrected chi connectivity index (χ0v) is 10.4. The molecule has 0 aliphatic rings. The molecule has 0 bridgehead atoms. The first kappa shape index (κ1) is 13.7. The van der Waals surface area contributed by atoms with E-state index in [1.165, 1.54) is 21.6 Å². The SMILES string of the molecule is O=CC(=O)NC(=O)CCSSc1ccccn1. The zero-order valence-electron chi connectivity index (χ0n) is 8.79. The van der Waals surface area contributed by atoms with Crippen molar-refractivity contribution in [2.45, 2.75) is 11.4 Å². The molecule has 1 aromatic rings. The first-order chi connectivity index (χ1) is 8.22. The van der Waals surface area contributed by atoms with E-state index >= 15 is 0 Å². The van der Waals surface area contributed by atoms with Gasteiger partial charge in [-0.2, -0.15) is 0 Å². The Balaban J connectivity index is 2.14. The molecule has 0 spiro atoms. The number of rotatable bonds is 6. The number of aldehydes is 1. The summed E-state index contributed by atoms with van der Waals surface area (Å²) < 4.78 is 0. The molecule has 17 heavy (non-hydrogen) atoms. The van der Waals surface area contributed by atoms with E-state index < -0.39 is 11.8 Å². The van der Waals surface area contributed by atoms with Crippen LogP contribution in [0.1, 0.15) is 6.42 Å². The number of carbonyl (C=O) groups excluding carboxylic acids is 3. The molecule has 0 fully saturated rings. The highest BCUT2D eigenvalue weighted by Crippen LogP contribution is 2.29. The van der Waals surface area contributed by atoms with Gasteiger partial charge in [-0.05, 0) is 22.9 Å². The van der Waals surface area contributed by atoms with E-state index in [2.05, 4.69) is 4.98 Å². The molecule has 0 saturated heterocycles. The van der Waals surface area contributed by atoms with Crippen LogP contribution in [-0.2, 0) is 14.4 Å². The van der Waals surface area contributed by atoms with Crippen molar-refractivity contribution in [1.82, 2.24) is 10.3 Å². The Bertz CT molecular complexity index is 398. The maximum Gasteiger partial charge on any atom is 0.290 e. The summed E-state index contributed by atoms with van der Waals surface area (Å²) in [7, 11) is 2.92.